The van der Waals surface area contributed by atoms with Gasteiger partial charge in [-0.1, -0.05) is 30.3 Å². The van der Waals surface area contributed by atoms with Crippen molar-refractivity contribution in [2.24, 2.45) is 0 Å². The van der Waals surface area contributed by atoms with Gasteiger partial charge in [-0.05, 0) is 38.0 Å². The molecule has 78 valence electrons. The van der Waals surface area contributed by atoms with Crippen LogP contribution in [0.2, 0.25) is 0 Å². The summed E-state index contributed by atoms with van der Waals surface area (Å²) in [7, 11) is 0. The Hall–Kier alpha value is -1.50. The van der Waals surface area contributed by atoms with E-state index in [4.69, 9.17) is 0 Å². The predicted octanol–water partition coefficient (Wildman–Crippen LogP) is 3.91. The van der Waals surface area contributed by atoms with Gasteiger partial charge in [-0.15, -0.1) is 0 Å². The zero-order valence-electron chi connectivity index (χ0n) is 9.57. The topological polar surface area (TPSA) is 4.93 Å². The Balaban J connectivity index is 2.37. The van der Waals surface area contributed by atoms with E-state index in [2.05, 4.69) is 68.1 Å². The second-order valence-corrected chi connectivity index (χ2v) is 4.84. The molecule has 0 fully saturated rings. The summed E-state index contributed by atoms with van der Waals surface area (Å²) in [5.74, 6) is 0. The largest absolute Gasteiger partial charge is 0.348 e. The lowest BCUT2D eigenvalue weighted by Crippen LogP contribution is -2.19. The number of rotatable bonds is 1. The summed E-state index contributed by atoms with van der Waals surface area (Å²) >= 11 is 0. The van der Waals surface area contributed by atoms with Crippen LogP contribution in [0.25, 0.3) is 11.1 Å². The third-order valence-corrected chi connectivity index (χ3v) is 2.57. The van der Waals surface area contributed by atoms with Gasteiger partial charge in [0.15, 0.2) is 0 Å². The number of hydrogen-bond donors (Lipinski definition) is 0. The van der Waals surface area contributed by atoms with Crippen LogP contribution >= 0.6 is 0 Å². The molecule has 1 heteroatoms. The monoisotopic (exact) mass is 199 g/mol. The first-order valence-electron chi connectivity index (χ1n) is 5.31. The van der Waals surface area contributed by atoms with Crippen molar-refractivity contribution in [3.8, 4) is 11.1 Å². The third-order valence-electron chi connectivity index (χ3n) is 2.57. The molecule has 0 aliphatic heterocycles. The Labute approximate surface area is 91.4 Å². The summed E-state index contributed by atoms with van der Waals surface area (Å²) in [4.78, 5) is 0. The zero-order valence-corrected chi connectivity index (χ0v) is 9.57. The lowest BCUT2D eigenvalue weighted by Gasteiger charge is -2.20. The molecule has 0 unspecified atom stereocenters. The van der Waals surface area contributed by atoms with Gasteiger partial charge >= 0.3 is 0 Å². The molecule has 2 aromatic rings. The number of nitrogens with zero attached hydrogens (tertiary/aromatic N) is 1. The fraction of sp³-hybridized carbons (Fsp3) is 0.286. The molecule has 0 radical (unpaired) electrons. The van der Waals surface area contributed by atoms with Gasteiger partial charge in [0, 0.05) is 17.9 Å². The Bertz CT molecular complexity index is 432. The van der Waals surface area contributed by atoms with E-state index in [1.165, 1.54) is 11.1 Å². The Morgan fingerprint density at radius 2 is 1.53 bits per heavy atom. The first kappa shape index (κ1) is 10.0. The highest BCUT2D eigenvalue weighted by atomic mass is 15.0. The van der Waals surface area contributed by atoms with E-state index in [-0.39, 0.29) is 5.54 Å². The number of benzene rings is 1. The van der Waals surface area contributed by atoms with Crippen molar-refractivity contribution < 1.29 is 0 Å². The molecule has 0 bridgehead atoms. The molecular weight excluding hydrogens is 182 g/mol. The molecule has 0 spiro atoms. The van der Waals surface area contributed by atoms with E-state index < -0.39 is 0 Å². The molecule has 1 nitrogen and oxygen atoms in total. The zero-order chi connectivity index (χ0) is 10.9. The smallest absolute Gasteiger partial charge is 0.0355 e. The van der Waals surface area contributed by atoms with Crippen LogP contribution in [0.3, 0.4) is 0 Å². The van der Waals surface area contributed by atoms with Crippen LogP contribution in [0.4, 0.5) is 0 Å². The fourth-order valence-corrected chi connectivity index (χ4v) is 1.62. The van der Waals surface area contributed by atoms with Gasteiger partial charge in [0.1, 0.15) is 0 Å². The summed E-state index contributed by atoms with van der Waals surface area (Å²) in [6, 6.07) is 12.6. The van der Waals surface area contributed by atoms with E-state index in [0.29, 0.717) is 0 Å². The fourth-order valence-electron chi connectivity index (χ4n) is 1.62. The molecule has 0 N–H and O–H groups in total. The standard InChI is InChI=1S/C14H17N/c1-14(2,3)15-10-9-13(11-15)12-7-5-4-6-8-12/h4-11H,1-3H3. The van der Waals surface area contributed by atoms with E-state index in [1.807, 2.05) is 6.07 Å². The maximum absolute atomic E-state index is 2.25. The van der Waals surface area contributed by atoms with Crippen molar-refractivity contribution in [3.05, 3.63) is 48.8 Å². The van der Waals surface area contributed by atoms with Gasteiger partial charge in [-0.2, -0.15) is 0 Å². The van der Waals surface area contributed by atoms with Crippen LogP contribution < -0.4 is 0 Å². The summed E-state index contributed by atoms with van der Waals surface area (Å²) < 4.78 is 2.25. The molecule has 1 heterocycles. The Kier molecular flexibility index (Phi) is 2.39. The van der Waals surface area contributed by atoms with Crippen LogP contribution in [-0.4, -0.2) is 4.57 Å². The summed E-state index contributed by atoms with van der Waals surface area (Å²) in [5.41, 5.74) is 2.72. The Morgan fingerprint density at radius 1 is 0.867 bits per heavy atom. The highest BCUT2D eigenvalue weighted by molar-refractivity contribution is 5.62. The van der Waals surface area contributed by atoms with Gasteiger partial charge in [0.25, 0.3) is 0 Å². The minimum Gasteiger partial charge on any atom is -0.348 e. The minimum atomic E-state index is 0.160. The van der Waals surface area contributed by atoms with Crippen LogP contribution in [0, 0.1) is 0 Å². The number of aromatic nitrogens is 1. The highest BCUT2D eigenvalue weighted by Crippen LogP contribution is 2.23. The normalized spacial score (nSPS) is 11.7. The molecule has 1 aromatic heterocycles. The minimum absolute atomic E-state index is 0.160. The van der Waals surface area contributed by atoms with Gasteiger partial charge in [-0.25, -0.2) is 0 Å². The molecule has 1 aromatic carbocycles. The molecule has 0 saturated carbocycles. The van der Waals surface area contributed by atoms with E-state index in [0.717, 1.165) is 0 Å². The van der Waals surface area contributed by atoms with E-state index >= 15 is 0 Å². The van der Waals surface area contributed by atoms with Gasteiger partial charge in [0.05, 0.1) is 0 Å². The molecular formula is C14H17N. The molecule has 0 aliphatic rings. The maximum Gasteiger partial charge on any atom is 0.0355 e. The highest BCUT2D eigenvalue weighted by Gasteiger charge is 2.12. The SMILES string of the molecule is CC(C)(C)n1ccc(-c2ccccc2)c1. The summed E-state index contributed by atoms with van der Waals surface area (Å²) in [6.45, 7) is 6.63. The lowest BCUT2D eigenvalue weighted by molar-refractivity contribution is 0.398. The quantitative estimate of drug-likeness (QED) is 0.656. The number of hydrogen-bond acceptors (Lipinski definition) is 0. The lowest BCUT2D eigenvalue weighted by atomic mass is 10.1. The first-order chi connectivity index (χ1) is 7.07. The van der Waals surface area contributed by atoms with Crippen LogP contribution in [0.1, 0.15) is 20.8 Å². The molecule has 0 amide bonds. The van der Waals surface area contributed by atoms with E-state index in [9.17, 15) is 0 Å². The average Bonchev–Trinajstić information content (AvgIpc) is 2.67. The van der Waals surface area contributed by atoms with Gasteiger partial charge in [0.2, 0.25) is 0 Å². The van der Waals surface area contributed by atoms with Crippen molar-refractivity contribution >= 4 is 0 Å². The maximum atomic E-state index is 2.25. The summed E-state index contributed by atoms with van der Waals surface area (Å²) in [5, 5.41) is 0. The van der Waals surface area contributed by atoms with Crippen molar-refractivity contribution in [2.45, 2.75) is 26.3 Å². The van der Waals surface area contributed by atoms with Crippen molar-refractivity contribution in [2.75, 3.05) is 0 Å². The molecule has 0 atom stereocenters. The predicted molar refractivity (Wildman–Crippen MR) is 64.9 cm³/mol. The summed E-state index contributed by atoms with van der Waals surface area (Å²) in [6.07, 6.45) is 4.34. The van der Waals surface area contributed by atoms with Crippen LogP contribution in [-0.2, 0) is 5.54 Å². The first-order valence-corrected chi connectivity index (χ1v) is 5.31. The average molecular weight is 199 g/mol. The third kappa shape index (κ3) is 2.12. The van der Waals surface area contributed by atoms with Crippen LogP contribution in [0.5, 0.6) is 0 Å². The molecule has 2 rings (SSSR count). The van der Waals surface area contributed by atoms with Crippen molar-refractivity contribution in [3.63, 3.8) is 0 Å². The van der Waals surface area contributed by atoms with Crippen molar-refractivity contribution in [1.29, 1.82) is 0 Å². The molecule has 0 aliphatic carbocycles. The van der Waals surface area contributed by atoms with Crippen LogP contribution in [0.15, 0.2) is 48.8 Å². The van der Waals surface area contributed by atoms with Gasteiger partial charge in [-0.3, -0.25) is 0 Å². The van der Waals surface area contributed by atoms with E-state index in [1.54, 1.807) is 0 Å². The van der Waals surface area contributed by atoms with Gasteiger partial charge < -0.3 is 4.57 Å². The van der Waals surface area contributed by atoms with Crippen molar-refractivity contribution in [1.82, 2.24) is 4.57 Å². The molecule has 15 heavy (non-hydrogen) atoms. The second kappa shape index (κ2) is 3.58. The molecule has 0 saturated heterocycles. The Morgan fingerprint density at radius 3 is 2.07 bits per heavy atom. The second-order valence-electron chi connectivity index (χ2n) is 4.84.